The number of likely N-dealkylation sites (tertiary alicyclic amines) is 1. The van der Waals surface area contributed by atoms with Crippen molar-refractivity contribution in [2.75, 3.05) is 76.1 Å². The van der Waals surface area contributed by atoms with Crippen LogP contribution < -0.4 is 141 Å². The van der Waals surface area contributed by atoms with E-state index in [1.165, 1.54) is 53.4 Å². The third kappa shape index (κ3) is 31.5. The van der Waals surface area contributed by atoms with E-state index >= 15 is 0 Å². The predicted molar refractivity (Wildman–Crippen MR) is 384 cm³/mol. The summed E-state index contributed by atoms with van der Waals surface area (Å²) in [5, 5.41) is 34.8. The predicted octanol–water partition coefficient (Wildman–Crippen LogP) is -3.07. The van der Waals surface area contributed by atoms with Gasteiger partial charge in [0.15, 0.2) is 11.4 Å². The average Bonchev–Trinajstić information content (AvgIpc) is 1.72. The van der Waals surface area contributed by atoms with Crippen molar-refractivity contribution < 1.29 is 197 Å². The van der Waals surface area contributed by atoms with E-state index in [9.17, 15) is 72.3 Å². The maximum absolute atomic E-state index is 14.2. The number of nitrogens with one attached hydrogen (secondary N) is 3. The Morgan fingerprint density at radius 1 is 0.698 bits per heavy atom. The quantitative estimate of drug-likeness (QED) is 0.00746. The number of amides is 5. The molecule has 5 amide bonds. The fraction of sp³-hybridized carbons (Fsp3) is 0.365. The summed E-state index contributed by atoms with van der Waals surface area (Å²) in [6.45, 7) is 1.00. The van der Waals surface area contributed by atoms with Crippen LogP contribution >= 0.6 is 50.7 Å². The number of halogens is 7. The Bertz CT molecular complexity index is 4430. The van der Waals surface area contributed by atoms with Crippen molar-refractivity contribution in [1.29, 1.82) is 0 Å². The number of aryl methyl sites for hydroxylation is 1. The first-order valence-corrected chi connectivity index (χ1v) is 37.1. The number of carbonyl (C=O) groups excluding carboxylic acids is 7. The molecule has 10 N–H and O–H groups in total. The number of hydrogen-bond donors (Lipinski definition) is 7. The van der Waals surface area contributed by atoms with E-state index in [0.717, 1.165) is 6.26 Å². The Balaban J connectivity index is 0.00000138. The van der Waals surface area contributed by atoms with Gasteiger partial charge in [-0.2, -0.15) is 18.8 Å². The molecule has 31 nitrogen and oxygen atoms in total. The number of alkyl halides is 1. The molecule has 5 heterocycles. The molecular formula is C63H78BrCl3F3K2N14O17S3-. The van der Waals surface area contributed by atoms with E-state index in [0.29, 0.717) is 77.3 Å². The molecule has 572 valence electrons. The number of nitrogens with two attached hydrogens (primary N) is 3. The average molecular weight is 1720 g/mol. The molecule has 1 unspecified atom stereocenters. The molecule has 10 rings (SSSR count). The third-order valence-corrected chi connectivity index (χ3v) is 19.3. The van der Waals surface area contributed by atoms with Crippen molar-refractivity contribution in [3.8, 4) is 0 Å². The third-order valence-electron chi connectivity index (χ3n) is 14.8. The number of hydrogen-bond acceptors (Lipinski definition) is 21. The van der Waals surface area contributed by atoms with Gasteiger partial charge in [0.05, 0.1) is 69.0 Å². The van der Waals surface area contributed by atoms with Crippen LogP contribution in [0.1, 0.15) is 60.4 Å². The zero-order valence-corrected chi connectivity index (χ0v) is 68.6. The number of carboxylic acids is 1. The zero-order chi connectivity index (χ0) is 75.8. The second-order valence-electron chi connectivity index (χ2n) is 22.4. The minimum Gasteiger partial charge on any atom is -1.00 e. The van der Waals surface area contributed by atoms with Gasteiger partial charge in [-0.1, -0.05) is 138 Å². The van der Waals surface area contributed by atoms with E-state index in [1.54, 1.807) is 83.8 Å². The summed E-state index contributed by atoms with van der Waals surface area (Å²) in [5.41, 5.74) is 18.1. The van der Waals surface area contributed by atoms with Gasteiger partial charge in [-0.05, 0) is 53.4 Å². The number of ketones is 1. The summed E-state index contributed by atoms with van der Waals surface area (Å²) in [4.78, 5) is 96.5. The van der Waals surface area contributed by atoms with Crippen molar-refractivity contribution in [2.24, 2.45) is 17.2 Å². The Morgan fingerprint density at radius 3 is 1.51 bits per heavy atom. The van der Waals surface area contributed by atoms with Gasteiger partial charge in [0.1, 0.15) is 36.3 Å². The Labute approximate surface area is 722 Å². The minimum atomic E-state index is -3.46. The molecule has 5 aromatic carbocycles. The molecule has 3 aliphatic heterocycles. The van der Waals surface area contributed by atoms with E-state index in [-0.39, 0.29) is 233 Å². The van der Waals surface area contributed by atoms with Crippen molar-refractivity contribution in [3.05, 3.63) is 164 Å². The van der Waals surface area contributed by atoms with Crippen LogP contribution in [-0.2, 0) is 97.4 Å². The van der Waals surface area contributed by atoms with Gasteiger partial charge in [0.2, 0.25) is 37.8 Å². The largest absolute Gasteiger partial charge is 1.00 e. The summed E-state index contributed by atoms with van der Waals surface area (Å²) in [6, 6.07) is 27.0. The van der Waals surface area contributed by atoms with Gasteiger partial charge < -0.3 is 59.3 Å². The molecule has 106 heavy (non-hydrogen) atoms. The number of carbonyl (C=O) groups is 8. The normalized spacial score (nSPS) is 13.7. The minimum absolute atomic E-state index is 0. The van der Waals surface area contributed by atoms with Crippen LogP contribution in [0.25, 0.3) is 21.8 Å². The van der Waals surface area contributed by atoms with Crippen molar-refractivity contribution in [1.82, 2.24) is 53.9 Å². The molecule has 3 saturated heterocycles. The Kier molecular flexibility index (Phi) is 45.0. The molecule has 2 aromatic heterocycles. The van der Waals surface area contributed by atoms with Crippen molar-refractivity contribution in [3.63, 3.8) is 0 Å². The number of fused-ring (bicyclic) bond motifs is 2. The molecule has 3 fully saturated rings. The molecule has 43 heteroatoms. The summed E-state index contributed by atoms with van der Waals surface area (Å²) < 4.78 is 112. The number of nitrogens with zero attached hydrogens (tertiary/aromatic N) is 8. The molecule has 1 atom stereocenters. The molecule has 0 spiro atoms. The van der Waals surface area contributed by atoms with Gasteiger partial charge in [0, 0.05) is 92.8 Å². The summed E-state index contributed by atoms with van der Waals surface area (Å²) in [7, 11) is -6.41. The number of carboxylic acid groups (broad SMARTS) is 1. The second-order valence-corrected chi connectivity index (χ2v) is 29.0. The monoisotopic (exact) mass is 1720 g/mol. The first kappa shape index (κ1) is 99.2. The number of rotatable bonds is 25. The second kappa shape index (κ2) is 48.1. The topological polar surface area (TPSA) is 460 Å². The number of para-hydroxylation sites is 2. The van der Waals surface area contributed by atoms with Crippen LogP contribution in [0.5, 0.6) is 0 Å². The van der Waals surface area contributed by atoms with Crippen LogP contribution in [0.4, 0.5) is 13.2 Å². The van der Waals surface area contributed by atoms with Gasteiger partial charge >= 0.3 is 109 Å². The Morgan fingerprint density at radius 2 is 1.11 bits per heavy atom. The maximum Gasteiger partial charge on any atom is 1.00 e. The van der Waals surface area contributed by atoms with Crippen LogP contribution in [-0.4, -0.2) is 211 Å². The summed E-state index contributed by atoms with van der Waals surface area (Å²) in [6.07, 6.45) is 2.99. The van der Waals surface area contributed by atoms with Crippen LogP contribution in [0.2, 0.25) is 15.1 Å². The Hall–Kier alpha value is -4.82. The van der Waals surface area contributed by atoms with E-state index < -0.39 is 90.8 Å². The number of aromatic nitrogens is 4. The SMILES string of the molecule is C.C.CS(=O)(=O)N1CC(N(CC(=O)NCc2cccc(Cl)c2F)C(=O)Cn2nc(C(N)=O)c3ccccc32)C1.CS(=O)(=O)N1CC(N)C1.NC(=O)c1nn(CC(=O)O)c2ccccc12.O=C(CBr)CCc1cccc(Cl)c1F.O=C(CNC1CN(CS(=O)[O-])C1)NCc1cccc(Cl)c1F.O=CO[O-].[H-].[K+].[K+]. The molecular weight excluding hydrogens is 1640 g/mol. The number of sulfonamides is 2. The van der Waals surface area contributed by atoms with Gasteiger partial charge in [0.25, 0.3) is 18.3 Å². The van der Waals surface area contributed by atoms with E-state index in [1.807, 2.05) is 0 Å². The van der Waals surface area contributed by atoms with Gasteiger partial charge in [-0.3, -0.25) is 56.8 Å². The maximum atomic E-state index is 14.2. The molecule has 0 bridgehead atoms. The van der Waals surface area contributed by atoms with Crippen molar-refractivity contribution in [2.45, 2.75) is 72.0 Å². The first-order chi connectivity index (χ1) is 48.1. The standard InChI is InChI=1S/C23H24ClFN6O5S.C13H17ClFN3O3S.C10H9BrClFO.C10H9N3O3.C4H10N2O2S.CH2O3.2CH4.2K.H/c1-37(35,36)29-10-15(11-29)30(12-19(32)27-9-14-5-4-7-17(24)21(14)25)20(33)13-31-18-8-3-2-6-16(18)22(28-31)23(26)34;14-11-3-1-2-9(13(11)15)4-17-12(19)5-16-10-6-18(7-10)8-22(20)21;11-6-8(14)5-4-7-2-1-3-9(12)10(7)13;11-10(16)9-6-3-1-2-4-7(6)13(12-9)5-8(14)15;1-9(7,8)6-2-4(5)3-6;2-1-4-3;;;;;/h2-8,15H,9-13H2,1H3,(H2,26,34)(H,27,32);1-3,10,16H,4-8H2,(H,17,19)(H,20,21);1-3H,4-6H2;1-4H,5H2,(H2,11,16)(H,14,15);4H,2-3,5H2,1H3;1,3H;2*1H4;;;/q;;;;;;;;2*+1;-1/p-2. The van der Waals surface area contributed by atoms with Gasteiger partial charge in [-0.15, -0.1) is 0 Å². The molecule has 7 aromatic rings. The molecule has 3 aliphatic rings. The number of aliphatic carboxylic acids is 1. The zero-order valence-electron chi connectivity index (χ0n) is 57.1. The fourth-order valence-corrected chi connectivity index (χ4v) is 12.7. The fourth-order valence-electron chi connectivity index (χ4n) is 9.56. The van der Waals surface area contributed by atoms with Crippen molar-refractivity contribution >= 4 is 151 Å². The number of benzene rings is 5. The van der Waals surface area contributed by atoms with Crippen LogP contribution in [0, 0.1) is 17.5 Å². The first-order valence-electron chi connectivity index (χ1n) is 29.9. The smallest absolute Gasteiger partial charge is 1.00 e. The van der Waals surface area contributed by atoms with Crippen LogP contribution in [0.15, 0.2) is 103 Å². The van der Waals surface area contributed by atoms with E-state index in [4.69, 9.17) is 67.2 Å². The molecule has 0 radical (unpaired) electrons. The van der Waals surface area contributed by atoms with Crippen LogP contribution in [0.3, 0.4) is 0 Å². The summed E-state index contributed by atoms with van der Waals surface area (Å²) in [5.74, 6) is -5.34. The van der Waals surface area contributed by atoms with Gasteiger partial charge in [-0.25, -0.2) is 30.0 Å². The molecule has 0 aliphatic carbocycles. The molecule has 0 saturated carbocycles. The number of primary amides is 2. The number of Topliss-reactive ketones (excluding diaryl/α,β-unsaturated/α-hetero) is 1. The van der Waals surface area contributed by atoms with E-state index in [2.05, 4.69) is 47.0 Å². The summed E-state index contributed by atoms with van der Waals surface area (Å²) >= 11 is 18.0.